The van der Waals surface area contributed by atoms with Crippen molar-refractivity contribution >= 4 is 26.5 Å². The van der Waals surface area contributed by atoms with Crippen LogP contribution in [0.2, 0.25) is 0 Å². The summed E-state index contributed by atoms with van der Waals surface area (Å²) in [4.78, 5) is 5.31. The van der Waals surface area contributed by atoms with Crippen molar-refractivity contribution in [1.29, 1.82) is 0 Å². The Labute approximate surface area is 203 Å². The van der Waals surface area contributed by atoms with Gasteiger partial charge in [0, 0.05) is 58.0 Å². The second-order valence-corrected chi connectivity index (χ2v) is 11.5. The molecule has 0 radical (unpaired) electrons. The molecule has 0 aliphatic carbocycles. The van der Waals surface area contributed by atoms with Crippen LogP contribution in [0.25, 0.3) is 10.8 Å². The second-order valence-electron chi connectivity index (χ2n) is 9.51. The van der Waals surface area contributed by atoms with Crippen LogP contribution in [0.4, 0.5) is 5.69 Å². The molecule has 2 N–H and O–H groups in total. The third-order valence-corrected chi connectivity index (χ3v) is 9.25. The number of rotatable bonds is 6. The van der Waals surface area contributed by atoms with Crippen LogP contribution in [0.1, 0.15) is 18.4 Å². The van der Waals surface area contributed by atoms with E-state index < -0.39 is 10.0 Å². The Morgan fingerprint density at radius 1 is 0.794 bits per heavy atom. The lowest BCUT2D eigenvalue weighted by Gasteiger charge is -2.39. The Bertz CT molecular complexity index is 1210. The zero-order chi connectivity index (χ0) is 23.5. The number of nitrogens with zero attached hydrogens (tertiary/aromatic N) is 3. The molecule has 2 aliphatic heterocycles. The van der Waals surface area contributed by atoms with Gasteiger partial charge in [0.15, 0.2) is 0 Å². The minimum absolute atomic E-state index is 0.395. The van der Waals surface area contributed by atoms with E-state index >= 15 is 0 Å². The molecular weight excluding hydrogens is 444 g/mol. The van der Waals surface area contributed by atoms with Crippen LogP contribution in [0, 0.1) is 5.92 Å². The number of hydrogen-bond donors (Lipinski definition) is 1. The molecule has 3 aromatic carbocycles. The van der Waals surface area contributed by atoms with Crippen molar-refractivity contribution in [2.45, 2.75) is 24.3 Å². The van der Waals surface area contributed by atoms with Crippen molar-refractivity contribution in [3.8, 4) is 0 Å². The molecule has 180 valence electrons. The maximum absolute atomic E-state index is 13.2. The van der Waals surface area contributed by atoms with E-state index in [2.05, 4.69) is 34.1 Å². The van der Waals surface area contributed by atoms with E-state index in [0.29, 0.717) is 30.4 Å². The van der Waals surface area contributed by atoms with E-state index in [1.54, 1.807) is 16.4 Å². The Morgan fingerprint density at radius 2 is 1.47 bits per heavy atom. The maximum atomic E-state index is 13.2. The molecule has 0 amide bonds. The van der Waals surface area contributed by atoms with Gasteiger partial charge in [0.05, 0.1) is 4.90 Å². The Hall–Kier alpha value is -2.45. The van der Waals surface area contributed by atoms with Gasteiger partial charge in [0.1, 0.15) is 0 Å². The lowest BCUT2D eigenvalue weighted by Crippen LogP contribution is -2.50. The van der Waals surface area contributed by atoms with Crippen molar-refractivity contribution in [2.24, 2.45) is 11.7 Å². The van der Waals surface area contributed by atoms with Crippen LogP contribution in [-0.2, 0) is 16.6 Å². The summed E-state index contributed by atoms with van der Waals surface area (Å²) >= 11 is 0. The summed E-state index contributed by atoms with van der Waals surface area (Å²) in [7, 11) is -3.46. The van der Waals surface area contributed by atoms with E-state index in [4.69, 9.17) is 5.73 Å². The monoisotopic (exact) mass is 478 g/mol. The van der Waals surface area contributed by atoms with Gasteiger partial charge in [-0.05, 0) is 59.4 Å². The number of fused-ring (bicyclic) bond motifs is 1. The van der Waals surface area contributed by atoms with Crippen LogP contribution in [0.3, 0.4) is 0 Å². The van der Waals surface area contributed by atoms with E-state index in [9.17, 15) is 8.42 Å². The van der Waals surface area contributed by atoms with Gasteiger partial charge in [0.25, 0.3) is 0 Å². The van der Waals surface area contributed by atoms with Gasteiger partial charge < -0.3 is 15.5 Å². The first-order valence-electron chi connectivity index (χ1n) is 12.3. The molecule has 2 aliphatic rings. The molecule has 3 aromatic rings. The average molecular weight is 479 g/mol. The van der Waals surface area contributed by atoms with Gasteiger partial charge in [-0.2, -0.15) is 4.31 Å². The third-order valence-electron chi connectivity index (χ3n) is 7.36. The fraction of sp³-hybridized carbons (Fsp3) is 0.407. The van der Waals surface area contributed by atoms with Crippen LogP contribution in [0.5, 0.6) is 0 Å². The lowest BCUT2D eigenvalue weighted by atomic mass is 9.95. The molecule has 0 unspecified atom stereocenters. The molecule has 5 rings (SSSR count). The fourth-order valence-electron chi connectivity index (χ4n) is 5.21. The zero-order valence-electron chi connectivity index (χ0n) is 19.6. The van der Waals surface area contributed by atoms with Gasteiger partial charge in [-0.15, -0.1) is 0 Å². The fourth-order valence-corrected chi connectivity index (χ4v) is 6.67. The van der Waals surface area contributed by atoms with Crippen molar-refractivity contribution in [2.75, 3.05) is 50.7 Å². The average Bonchev–Trinajstić information content (AvgIpc) is 2.89. The van der Waals surface area contributed by atoms with Gasteiger partial charge in [0.2, 0.25) is 10.0 Å². The summed E-state index contributed by atoms with van der Waals surface area (Å²) in [5.41, 5.74) is 8.16. The number of piperazine rings is 1. The summed E-state index contributed by atoms with van der Waals surface area (Å²) < 4.78 is 28.1. The smallest absolute Gasteiger partial charge is 0.243 e. The van der Waals surface area contributed by atoms with Gasteiger partial charge in [-0.25, -0.2) is 8.42 Å². The highest BCUT2D eigenvalue weighted by Gasteiger charge is 2.30. The SMILES string of the molecule is NCc1ccc(N2CCC(CN3CCN(S(=O)(=O)c4ccc5ccccc5c4)CC3)CC2)cc1. The molecule has 7 heteroatoms. The minimum Gasteiger partial charge on any atom is -0.372 e. The Morgan fingerprint density at radius 3 is 2.15 bits per heavy atom. The molecule has 0 bridgehead atoms. The summed E-state index contributed by atoms with van der Waals surface area (Å²) in [6.45, 7) is 6.50. The van der Waals surface area contributed by atoms with E-state index in [-0.39, 0.29) is 0 Å². The molecular formula is C27H34N4O2S. The van der Waals surface area contributed by atoms with E-state index in [1.165, 1.54) is 24.1 Å². The summed E-state index contributed by atoms with van der Waals surface area (Å²) in [5.74, 6) is 0.670. The normalized spacial score (nSPS) is 19.0. The Balaban J connectivity index is 1.13. The van der Waals surface area contributed by atoms with Crippen LogP contribution >= 0.6 is 0 Å². The molecule has 2 heterocycles. The number of benzene rings is 3. The first-order valence-corrected chi connectivity index (χ1v) is 13.7. The summed E-state index contributed by atoms with van der Waals surface area (Å²) in [6.07, 6.45) is 2.35. The summed E-state index contributed by atoms with van der Waals surface area (Å²) in [5, 5.41) is 2.02. The number of sulfonamides is 1. The third kappa shape index (κ3) is 4.98. The quantitative estimate of drug-likeness (QED) is 0.587. The predicted octanol–water partition coefficient (Wildman–Crippen LogP) is 3.52. The molecule has 0 atom stereocenters. The molecule has 0 spiro atoms. The minimum atomic E-state index is -3.46. The molecule has 2 fully saturated rings. The highest BCUT2D eigenvalue weighted by Crippen LogP contribution is 2.26. The van der Waals surface area contributed by atoms with Gasteiger partial charge in [-0.3, -0.25) is 0 Å². The predicted molar refractivity (Wildman–Crippen MR) is 138 cm³/mol. The molecule has 0 aromatic heterocycles. The van der Waals surface area contributed by atoms with Gasteiger partial charge >= 0.3 is 0 Å². The highest BCUT2D eigenvalue weighted by atomic mass is 32.2. The van der Waals surface area contributed by atoms with E-state index in [0.717, 1.165) is 43.5 Å². The van der Waals surface area contributed by atoms with Crippen LogP contribution in [0.15, 0.2) is 71.6 Å². The molecule has 2 saturated heterocycles. The second kappa shape index (κ2) is 10.0. The number of piperidine rings is 1. The van der Waals surface area contributed by atoms with Crippen LogP contribution < -0.4 is 10.6 Å². The first kappa shape index (κ1) is 23.3. The van der Waals surface area contributed by atoms with Crippen molar-refractivity contribution < 1.29 is 8.42 Å². The topological polar surface area (TPSA) is 69.9 Å². The molecule has 34 heavy (non-hydrogen) atoms. The number of hydrogen-bond acceptors (Lipinski definition) is 5. The standard InChI is InChI=1S/C27H34N4O2S/c28-20-22-5-8-26(9-6-22)30-13-11-23(12-14-30)21-29-15-17-31(18-16-29)34(32,33)27-10-7-24-3-1-2-4-25(24)19-27/h1-10,19,23H,11-18,20-21,28H2. The molecule has 0 saturated carbocycles. The van der Waals surface area contributed by atoms with Crippen LogP contribution in [-0.4, -0.2) is 63.4 Å². The van der Waals surface area contributed by atoms with Crippen molar-refractivity contribution in [3.63, 3.8) is 0 Å². The highest BCUT2D eigenvalue weighted by molar-refractivity contribution is 7.89. The summed E-state index contributed by atoms with van der Waals surface area (Å²) in [6, 6.07) is 21.9. The van der Waals surface area contributed by atoms with Gasteiger partial charge in [-0.1, -0.05) is 42.5 Å². The largest absolute Gasteiger partial charge is 0.372 e. The molecule has 6 nitrogen and oxygen atoms in total. The number of nitrogens with two attached hydrogens (primary N) is 1. The zero-order valence-corrected chi connectivity index (χ0v) is 20.5. The van der Waals surface area contributed by atoms with E-state index in [1.807, 2.05) is 30.3 Å². The van der Waals surface area contributed by atoms with Crippen molar-refractivity contribution in [1.82, 2.24) is 9.21 Å². The number of anilines is 1. The first-order chi connectivity index (χ1) is 16.5. The van der Waals surface area contributed by atoms with Crippen molar-refractivity contribution in [3.05, 3.63) is 72.3 Å². The maximum Gasteiger partial charge on any atom is 0.243 e. The Kier molecular flexibility index (Phi) is 6.88. The lowest BCUT2D eigenvalue weighted by molar-refractivity contribution is 0.155.